The number of hydrogen-bond donors (Lipinski definition) is 1. The Morgan fingerprint density at radius 2 is 1.95 bits per heavy atom. The van der Waals surface area contributed by atoms with Gasteiger partial charge in [-0.2, -0.15) is 0 Å². The van der Waals surface area contributed by atoms with Gasteiger partial charge in [-0.05, 0) is 45.9 Å². The molecule has 1 rings (SSSR count). The van der Waals surface area contributed by atoms with Gasteiger partial charge in [0, 0.05) is 6.04 Å². The average molecular weight is 283 g/mol. The molecule has 0 aromatic heterocycles. The summed E-state index contributed by atoms with van der Waals surface area (Å²) in [6, 6.07) is -0.300. The van der Waals surface area contributed by atoms with Crippen molar-refractivity contribution in [2.24, 2.45) is 0 Å². The summed E-state index contributed by atoms with van der Waals surface area (Å²) in [4.78, 5) is 27.9. The standard InChI is InChI=1S/C15H29N3O2/c1-5-12(4)18-14(19)11-13(15(18)20)16-9-8-10-17(6-2)7-3/h12-13,16H,5-11H2,1-4H3. The molecule has 0 saturated carbocycles. The predicted octanol–water partition coefficient (Wildman–Crippen LogP) is 1.23. The molecule has 0 radical (unpaired) electrons. The van der Waals surface area contributed by atoms with Crippen molar-refractivity contribution in [2.75, 3.05) is 26.2 Å². The van der Waals surface area contributed by atoms with Crippen molar-refractivity contribution < 1.29 is 9.59 Å². The highest BCUT2D eigenvalue weighted by atomic mass is 16.2. The second-order valence-corrected chi connectivity index (χ2v) is 5.45. The number of nitrogens with zero attached hydrogens (tertiary/aromatic N) is 2. The Balaban J connectivity index is 2.35. The lowest BCUT2D eigenvalue weighted by Crippen LogP contribution is -2.43. The van der Waals surface area contributed by atoms with Crippen molar-refractivity contribution in [1.82, 2.24) is 15.1 Å². The molecule has 1 aliphatic heterocycles. The highest BCUT2D eigenvalue weighted by Gasteiger charge is 2.40. The van der Waals surface area contributed by atoms with E-state index in [0.29, 0.717) is 6.42 Å². The summed E-state index contributed by atoms with van der Waals surface area (Å²) in [5.41, 5.74) is 0. The molecule has 20 heavy (non-hydrogen) atoms. The molecule has 1 fully saturated rings. The predicted molar refractivity (Wildman–Crippen MR) is 80.4 cm³/mol. The summed E-state index contributed by atoms with van der Waals surface area (Å²) >= 11 is 0. The Morgan fingerprint density at radius 1 is 1.30 bits per heavy atom. The van der Waals surface area contributed by atoms with Crippen LogP contribution in [0.1, 0.15) is 47.0 Å². The zero-order chi connectivity index (χ0) is 15.1. The van der Waals surface area contributed by atoms with Crippen LogP contribution in [0.2, 0.25) is 0 Å². The molecule has 1 aliphatic rings. The fraction of sp³-hybridized carbons (Fsp3) is 0.867. The molecule has 2 atom stereocenters. The molecule has 2 amide bonds. The van der Waals surface area contributed by atoms with Crippen LogP contribution in [0.15, 0.2) is 0 Å². The lowest BCUT2D eigenvalue weighted by molar-refractivity contribution is -0.141. The molecular formula is C15H29N3O2. The van der Waals surface area contributed by atoms with Gasteiger partial charge in [0.1, 0.15) is 0 Å². The monoisotopic (exact) mass is 283 g/mol. The van der Waals surface area contributed by atoms with E-state index in [1.54, 1.807) is 0 Å². The van der Waals surface area contributed by atoms with Gasteiger partial charge in [0.25, 0.3) is 0 Å². The number of likely N-dealkylation sites (tertiary alicyclic amines) is 1. The van der Waals surface area contributed by atoms with Gasteiger partial charge in [-0.3, -0.25) is 14.5 Å². The lowest BCUT2D eigenvalue weighted by Gasteiger charge is -2.22. The maximum Gasteiger partial charge on any atom is 0.247 e. The van der Waals surface area contributed by atoms with E-state index in [-0.39, 0.29) is 23.9 Å². The Bertz CT molecular complexity index is 329. The van der Waals surface area contributed by atoms with Crippen LogP contribution in [0.5, 0.6) is 0 Å². The van der Waals surface area contributed by atoms with E-state index < -0.39 is 0 Å². The zero-order valence-electron chi connectivity index (χ0n) is 13.3. The third kappa shape index (κ3) is 4.28. The van der Waals surface area contributed by atoms with Gasteiger partial charge in [0.05, 0.1) is 12.5 Å². The van der Waals surface area contributed by atoms with E-state index >= 15 is 0 Å². The summed E-state index contributed by atoms with van der Waals surface area (Å²) in [6.45, 7) is 12.2. The van der Waals surface area contributed by atoms with Gasteiger partial charge in [-0.15, -0.1) is 0 Å². The third-order valence-corrected chi connectivity index (χ3v) is 4.15. The number of imide groups is 1. The number of hydrogen-bond acceptors (Lipinski definition) is 4. The van der Waals surface area contributed by atoms with Crippen molar-refractivity contribution in [2.45, 2.75) is 59.0 Å². The van der Waals surface area contributed by atoms with E-state index in [1.807, 2.05) is 13.8 Å². The van der Waals surface area contributed by atoms with Crippen molar-refractivity contribution in [3.05, 3.63) is 0 Å². The Labute approximate surface area is 122 Å². The summed E-state index contributed by atoms with van der Waals surface area (Å²) in [5, 5.41) is 3.24. The molecule has 116 valence electrons. The summed E-state index contributed by atoms with van der Waals surface area (Å²) < 4.78 is 0. The summed E-state index contributed by atoms with van der Waals surface area (Å²) in [5.74, 6) is -0.0854. The van der Waals surface area contributed by atoms with Gasteiger partial charge < -0.3 is 10.2 Å². The van der Waals surface area contributed by atoms with Crippen LogP contribution in [0.25, 0.3) is 0 Å². The van der Waals surface area contributed by atoms with Gasteiger partial charge >= 0.3 is 0 Å². The lowest BCUT2D eigenvalue weighted by atomic mass is 10.2. The maximum absolute atomic E-state index is 12.2. The minimum Gasteiger partial charge on any atom is -0.305 e. The average Bonchev–Trinajstić information content (AvgIpc) is 2.73. The second kappa shape index (κ2) is 8.37. The number of nitrogens with one attached hydrogen (secondary N) is 1. The fourth-order valence-electron chi connectivity index (χ4n) is 2.57. The minimum atomic E-state index is -0.312. The Hall–Kier alpha value is -0.940. The van der Waals surface area contributed by atoms with E-state index in [1.165, 1.54) is 4.90 Å². The number of carbonyl (C=O) groups is 2. The van der Waals surface area contributed by atoms with Crippen LogP contribution in [-0.2, 0) is 9.59 Å². The largest absolute Gasteiger partial charge is 0.305 e. The van der Waals surface area contributed by atoms with Gasteiger partial charge in [0.15, 0.2) is 0 Å². The Morgan fingerprint density at radius 3 is 2.50 bits per heavy atom. The number of amides is 2. The maximum atomic E-state index is 12.2. The fourth-order valence-corrected chi connectivity index (χ4v) is 2.57. The molecule has 2 unspecified atom stereocenters. The van der Waals surface area contributed by atoms with Crippen molar-refractivity contribution in [3.8, 4) is 0 Å². The Kier molecular flexibility index (Phi) is 7.16. The molecule has 1 N–H and O–H groups in total. The van der Waals surface area contributed by atoms with Crippen molar-refractivity contribution >= 4 is 11.8 Å². The molecule has 1 saturated heterocycles. The van der Waals surface area contributed by atoms with E-state index in [2.05, 4.69) is 24.1 Å². The van der Waals surface area contributed by atoms with E-state index in [4.69, 9.17) is 0 Å². The van der Waals surface area contributed by atoms with Crippen LogP contribution in [-0.4, -0.2) is 59.9 Å². The highest BCUT2D eigenvalue weighted by molar-refractivity contribution is 6.05. The zero-order valence-corrected chi connectivity index (χ0v) is 13.3. The molecule has 0 bridgehead atoms. The van der Waals surface area contributed by atoms with Crippen LogP contribution in [0.3, 0.4) is 0 Å². The summed E-state index contributed by atoms with van der Waals surface area (Å²) in [6.07, 6.45) is 2.13. The van der Waals surface area contributed by atoms with Gasteiger partial charge in [-0.1, -0.05) is 20.8 Å². The molecule has 0 aromatic carbocycles. The molecule has 0 aliphatic carbocycles. The third-order valence-electron chi connectivity index (χ3n) is 4.15. The van der Waals surface area contributed by atoms with Gasteiger partial charge in [0.2, 0.25) is 11.8 Å². The summed E-state index contributed by atoms with van der Waals surface area (Å²) in [7, 11) is 0. The minimum absolute atomic E-state index is 0.0116. The first-order valence-electron chi connectivity index (χ1n) is 7.86. The smallest absolute Gasteiger partial charge is 0.247 e. The van der Waals surface area contributed by atoms with Crippen molar-refractivity contribution in [1.29, 1.82) is 0 Å². The molecule has 5 nitrogen and oxygen atoms in total. The van der Waals surface area contributed by atoms with E-state index in [9.17, 15) is 9.59 Å². The first-order chi connectivity index (χ1) is 9.54. The van der Waals surface area contributed by atoms with E-state index in [0.717, 1.165) is 39.0 Å². The SMILES string of the molecule is CCC(C)N1C(=O)CC(NCCCN(CC)CC)C1=O. The van der Waals surface area contributed by atoms with Crippen LogP contribution < -0.4 is 5.32 Å². The second-order valence-electron chi connectivity index (χ2n) is 5.45. The molecule has 0 spiro atoms. The molecule has 1 heterocycles. The van der Waals surface area contributed by atoms with Gasteiger partial charge in [-0.25, -0.2) is 0 Å². The number of rotatable bonds is 9. The first-order valence-corrected chi connectivity index (χ1v) is 7.86. The first kappa shape index (κ1) is 17.1. The molecule has 0 aromatic rings. The van der Waals surface area contributed by atoms with Crippen LogP contribution in [0, 0.1) is 0 Å². The molecule has 5 heteroatoms. The number of carbonyl (C=O) groups excluding carboxylic acids is 2. The van der Waals surface area contributed by atoms with Crippen LogP contribution >= 0.6 is 0 Å². The quantitative estimate of drug-likeness (QED) is 0.511. The normalized spacial score (nSPS) is 21.1. The van der Waals surface area contributed by atoms with Crippen molar-refractivity contribution in [3.63, 3.8) is 0 Å². The topological polar surface area (TPSA) is 52.7 Å². The van der Waals surface area contributed by atoms with Crippen LogP contribution in [0.4, 0.5) is 0 Å². The highest BCUT2D eigenvalue weighted by Crippen LogP contribution is 2.17. The molecular weight excluding hydrogens is 254 g/mol.